The van der Waals surface area contributed by atoms with Crippen molar-refractivity contribution in [2.45, 2.75) is 39.2 Å². The first-order valence-electron chi connectivity index (χ1n) is 17.2. The van der Waals surface area contributed by atoms with Crippen LogP contribution in [-0.2, 0) is 25.8 Å². The van der Waals surface area contributed by atoms with Crippen LogP contribution in [0.1, 0.15) is 54.1 Å². The van der Waals surface area contributed by atoms with Crippen molar-refractivity contribution in [1.82, 2.24) is 0 Å². The van der Waals surface area contributed by atoms with Gasteiger partial charge in [0.05, 0.1) is 34.5 Å². The highest BCUT2D eigenvalue weighted by atomic mass is 16.5. The van der Waals surface area contributed by atoms with Gasteiger partial charge in [0, 0.05) is 23.1 Å². The average molecular weight is 681 g/mol. The Morgan fingerprint density at radius 3 is 2.14 bits per heavy atom. The third-order valence-electron chi connectivity index (χ3n) is 11.4. The lowest BCUT2D eigenvalue weighted by molar-refractivity contribution is -0.131. The van der Waals surface area contributed by atoms with Gasteiger partial charge < -0.3 is 9.84 Å². The lowest BCUT2D eigenvalue weighted by Crippen LogP contribution is -2.48. The number of rotatable bonds is 7. The van der Waals surface area contributed by atoms with Crippen LogP contribution in [0.3, 0.4) is 0 Å². The number of amides is 4. The molecule has 4 aliphatic rings. The van der Waals surface area contributed by atoms with Crippen molar-refractivity contribution in [3.63, 3.8) is 0 Å². The Kier molecular flexibility index (Phi) is 7.74. The van der Waals surface area contributed by atoms with E-state index in [1.54, 1.807) is 67.6 Å². The zero-order valence-corrected chi connectivity index (χ0v) is 28.2. The average Bonchev–Trinajstić information content (AvgIpc) is 3.51. The van der Waals surface area contributed by atoms with Gasteiger partial charge in [-0.3, -0.25) is 28.9 Å². The summed E-state index contributed by atoms with van der Waals surface area (Å²) in [6, 6.07) is 29.9. The molecule has 9 heteroatoms. The van der Waals surface area contributed by atoms with E-state index in [1.165, 1.54) is 22.8 Å². The molecule has 4 aromatic rings. The Morgan fingerprint density at radius 2 is 1.47 bits per heavy atom. The molecule has 256 valence electrons. The highest BCUT2D eigenvalue weighted by Crippen LogP contribution is 2.64. The fourth-order valence-electron chi connectivity index (χ4n) is 8.88. The summed E-state index contributed by atoms with van der Waals surface area (Å²) in [6.45, 7) is 3.54. The third kappa shape index (κ3) is 5.01. The summed E-state index contributed by atoms with van der Waals surface area (Å²) in [6.07, 6.45) is 2.42. The highest BCUT2D eigenvalue weighted by Gasteiger charge is 2.68. The standard InChI is InChI=1S/C42H36N2O7/c1-24(45)26-13-15-28(16-14-26)43-38(47)32-20-19-30-33(36(32)40(43)49)22-34-39(48)44(27-11-7-4-8-12-27)41(50)42(34,2)37(30)31-18-17-29(21-35(31)46)51-23-25-9-5-3-6-10-25/h3-19,21,32-34,36-37,46H,20,22-23H2,1-2H3. The van der Waals surface area contributed by atoms with Gasteiger partial charge in [0.2, 0.25) is 23.6 Å². The number of allylic oxidation sites excluding steroid dienone is 2. The molecular formula is C42H36N2O7. The van der Waals surface area contributed by atoms with Gasteiger partial charge in [-0.25, -0.2) is 4.90 Å². The number of hydrogen-bond acceptors (Lipinski definition) is 7. The van der Waals surface area contributed by atoms with Crippen LogP contribution in [0.4, 0.5) is 11.4 Å². The summed E-state index contributed by atoms with van der Waals surface area (Å²) in [7, 11) is 0. The van der Waals surface area contributed by atoms with Crippen molar-refractivity contribution < 1.29 is 33.8 Å². The van der Waals surface area contributed by atoms with Crippen molar-refractivity contribution in [3.05, 3.63) is 131 Å². The zero-order valence-electron chi connectivity index (χ0n) is 28.2. The molecule has 8 rings (SSSR count). The van der Waals surface area contributed by atoms with Gasteiger partial charge in [-0.1, -0.05) is 66.2 Å². The van der Waals surface area contributed by atoms with Gasteiger partial charge in [-0.2, -0.15) is 0 Å². The summed E-state index contributed by atoms with van der Waals surface area (Å²) in [4.78, 5) is 71.6. The quantitative estimate of drug-likeness (QED) is 0.133. The molecular weight excluding hydrogens is 644 g/mol. The van der Waals surface area contributed by atoms with Gasteiger partial charge in [0.15, 0.2) is 5.78 Å². The first-order valence-corrected chi connectivity index (χ1v) is 17.2. The third-order valence-corrected chi connectivity index (χ3v) is 11.4. The number of anilines is 2. The Labute approximate surface area is 295 Å². The molecule has 3 fully saturated rings. The smallest absolute Gasteiger partial charge is 0.241 e. The minimum Gasteiger partial charge on any atom is -0.508 e. The van der Waals surface area contributed by atoms with Crippen molar-refractivity contribution in [2.75, 3.05) is 9.80 Å². The second kappa shape index (κ2) is 12.2. The number of hydrogen-bond donors (Lipinski definition) is 1. The maximum Gasteiger partial charge on any atom is 0.241 e. The van der Waals surface area contributed by atoms with Crippen molar-refractivity contribution >= 4 is 40.8 Å². The Morgan fingerprint density at radius 1 is 0.804 bits per heavy atom. The molecule has 0 aromatic heterocycles. The first-order chi connectivity index (χ1) is 24.6. The number of benzene rings is 4. The zero-order chi connectivity index (χ0) is 35.6. The van der Waals surface area contributed by atoms with Gasteiger partial charge in [-0.05, 0) is 80.6 Å². The van der Waals surface area contributed by atoms with E-state index in [-0.39, 0.29) is 48.0 Å². The predicted molar refractivity (Wildman–Crippen MR) is 189 cm³/mol. The second-order valence-corrected chi connectivity index (χ2v) is 14.1. The molecule has 0 spiro atoms. The number of imide groups is 2. The van der Waals surface area contributed by atoms with Crippen LogP contribution in [0.15, 0.2) is 115 Å². The van der Waals surface area contributed by atoms with Crippen molar-refractivity contribution in [1.29, 1.82) is 0 Å². The fourth-order valence-corrected chi connectivity index (χ4v) is 8.88. The molecule has 4 amide bonds. The van der Waals surface area contributed by atoms with E-state index in [9.17, 15) is 29.1 Å². The molecule has 9 nitrogen and oxygen atoms in total. The topological polar surface area (TPSA) is 121 Å². The number of fused-ring (bicyclic) bond motifs is 4. The normalized spacial score (nSPS) is 26.8. The summed E-state index contributed by atoms with van der Waals surface area (Å²) in [5.74, 6) is -4.75. The maximum atomic E-state index is 14.6. The van der Waals surface area contributed by atoms with E-state index in [0.717, 1.165) is 11.1 Å². The van der Waals surface area contributed by atoms with Gasteiger partial charge in [0.1, 0.15) is 18.1 Å². The number of Topliss-reactive ketones (excluding diaryl/α,β-unsaturated/α-hetero) is 1. The van der Waals surface area contributed by atoms with Gasteiger partial charge >= 0.3 is 0 Å². The number of para-hydroxylation sites is 1. The van der Waals surface area contributed by atoms with Crippen LogP contribution in [0.2, 0.25) is 0 Å². The van der Waals surface area contributed by atoms with E-state index in [1.807, 2.05) is 42.5 Å². The molecule has 2 heterocycles. The number of ketones is 1. The predicted octanol–water partition coefficient (Wildman–Crippen LogP) is 6.61. The van der Waals surface area contributed by atoms with E-state index in [2.05, 4.69) is 0 Å². The van der Waals surface area contributed by atoms with E-state index < -0.39 is 35.0 Å². The summed E-state index contributed by atoms with van der Waals surface area (Å²) >= 11 is 0. The number of nitrogens with zero attached hydrogens (tertiary/aromatic N) is 2. The summed E-state index contributed by atoms with van der Waals surface area (Å²) in [5, 5.41) is 11.7. The second-order valence-electron chi connectivity index (χ2n) is 14.1. The number of phenols is 1. The minimum atomic E-state index is -1.29. The lowest BCUT2D eigenvalue weighted by Gasteiger charge is -2.49. The fraction of sp³-hybridized carbons (Fsp3) is 0.262. The van der Waals surface area contributed by atoms with Gasteiger partial charge in [-0.15, -0.1) is 0 Å². The van der Waals surface area contributed by atoms with Crippen molar-refractivity contribution in [2.24, 2.45) is 29.1 Å². The van der Waals surface area contributed by atoms with E-state index in [0.29, 0.717) is 34.9 Å². The monoisotopic (exact) mass is 680 g/mol. The molecule has 4 aromatic carbocycles. The lowest BCUT2D eigenvalue weighted by atomic mass is 9.51. The molecule has 6 unspecified atom stereocenters. The van der Waals surface area contributed by atoms with Crippen LogP contribution >= 0.6 is 0 Å². The molecule has 2 saturated heterocycles. The minimum absolute atomic E-state index is 0.0892. The molecule has 6 atom stereocenters. The number of carbonyl (C=O) groups is 5. The SMILES string of the molecule is CC(=O)c1ccc(N2C(=O)C3CC=C4C(CC5C(=O)N(c6ccccc6)C(=O)C5(C)C4c4ccc(OCc5ccccc5)cc4O)C3C2=O)cc1. The largest absolute Gasteiger partial charge is 0.508 e. The molecule has 1 saturated carbocycles. The van der Waals surface area contributed by atoms with Crippen molar-refractivity contribution in [3.8, 4) is 11.5 Å². The Balaban J connectivity index is 1.20. The van der Waals surface area contributed by atoms with Crippen LogP contribution < -0.4 is 14.5 Å². The molecule has 0 bridgehead atoms. The van der Waals surface area contributed by atoms with E-state index in [4.69, 9.17) is 4.74 Å². The van der Waals surface area contributed by atoms with Crippen LogP contribution in [0, 0.1) is 29.1 Å². The number of aromatic hydroxyl groups is 1. The first kappa shape index (κ1) is 32.4. The van der Waals surface area contributed by atoms with Crippen LogP contribution in [0.25, 0.3) is 0 Å². The molecule has 2 aliphatic heterocycles. The van der Waals surface area contributed by atoms with Crippen LogP contribution in [-0.4, -0.2) is 34.5 Å². The molecule has 2 aliphatic carbocycles. The Bertz CT molecular complexity index is 2130. The number of ether oxygens (including phenoxy) is 1. The summed E-state index contributed by atoms with van der Waals surface area (Å²) < 4.78 is 5.99. The molecule has 0 radical (unpaired) electrons. The van der Waals surface area contributed by atoms with Gasteiger partial charge in [0.25, 0.3) is 0 Å². The number of phenolic OH excluding ortho intramolecular Hbond substituents is 1. The maximum absolute atomic E-state index is 14.6. The molecule has 51 heavy (non-hydrogen) atoms. The number of carbonyl (C=O) groups excluding carboxylic acids is 5. The Hall–Kier alpha value is -5.83. The highest BCUT2D eigenvalue weighted by molar-refractivity contribution is 6.25. The van der Waals surface area contributed by atoms with E-state index >= 15 is 0 Å². The van der Waals surface area contributed by atoms with Crippen LogP contribution in [0.5, 0.6) is 11.5 Å². The molecule has 1 N–H and O–H groups in total. The summed E-state index contributed by atoms with van der Waals surface area (Å²) in [5.41, 5.74) is 2.20.